The highest BCUT2D eigenvalue weighted by Crippen LogP contribution is 2.24. The van der Waals surface area contributed by atoms with Gasteiger partial charge in [0.05, 0.1) is 0 Å². The summed E-state index contributed by atoms with van der Waals surface area (Å²) in [5, 5.41) is 6.54. The number of nitrogens with two attached hydrogens (primary N) is 1. The minimum atomic E-state index is -0.462. The third kappa shape index (κ3) is 5.43. The van der Waals surface area contributed by atoms with Gasteiger partial charge in [-0.15, -0.1) is 0 Å². The average Bonchev–Trinajstić information content (AvgIpc) is 3.10. The summed E-state index contributed by atoms with van der Waals surface area (Å²) in [5.41, 5.74) is 7.53. The monoisotopic (exact) mass is 396 g/mol. The molecule has 0 radical (unpaired) electrons. The molecule has 154 valence electrons. The molecule has 0 unspecified atom stereocenters. The molecule has 0 bridgehead atoms. The van der Waals surface area contributed by atoms with Gasteiger partial charge < -0.3 is 21.3 Å². The molecule has 3 rings (SSSR count). The van der Waals surface area contributed by atoms with Gasteiger partial charge in [0.2, 0.25) is 17.8 Å². The van der Waals surface area contributed by atoms with Gasteiger partial charge in [0.25, 0.3) is 0 Å². The SMILES string of the molecule is CC(C)c1cnc(Nc2ccc(C(N)=O)cc2)nc1NCCCN1CCCC1=O. The maximum atomic E-state index is 11.7. The molecule has 8 nitrogen and oxygen atoms in total. The Hall–Kier alpha value is -3.16. The van der Waals surface area contributed by atoms with Crippen LogP contribution in [0.15, 0.2) is 30.5 Å². The highest BCUT2D eigenvalue weighted by atomic mass is 16.2. The average molecular weight is 396 g/mol. The second-order valence-corrected chi connectivity index (χ2v) is 7.48. The first-order chi connectivity index (χ1) is 13.9. The van der Waals surface area contributed by atoms with Crippen LogP contribution in [-0.4, -0.2) is 46.3 Å². The molecular weight excluding hydrogens is 368 g/mol. The van der Waals surface area contributed by atoms with Gasteiger partial charge >= 0.3 is 0 Å². The largest absolute Gasteiger partial charge is 0.370 e. The van der Waals surface area contributed by atoms with Crippen LogP contribution in [0.25, 0.3) is 0 Å². The number of hydrogen-bond acceptors (Lipinski definition) is 6. The van der Waals surface area contributed by atoms with Gasteiger partial charge in [-0.3, -0.25) is 9.59 Å². The predicted octanol–water partition coefficient (Wildman–Crippen LogP) is 2.87. The number of rotatable bonds is 9. The Balaban J connectivity index is 1.63. The lowest BCUT2D eigenvalue weighted by molar-refractivity contribution is -0.127. The Kier molecular flexibility index (Phi) is 6.64. The number of hydrogen-bond donors (Lipinski definition) is 3. The van der Waals surface area contributed by atoms with Gasteiger partial charge in [0.15, 0.2) is 0 Å². The van der Waals surface area contributed by atoms with E-state index in [2.05, 4.69) is 34.4 Å². The van der Waals surface area contributed by atoms with Gasteiger partial charge in [-0.25, -0.2) is 4.98 Å². The summed E-state index contributed by atoms with van der Waals surface area (Å²) in [6.45, 7) is 6.57. The predicted molar refractivity (Wildman–Crippen MR) is 113 cm³/mol. The van der Waals surface area contributed by atoms with E-state index in [1.54, 1.807) is 24.3 Å². The minimum absolute atomic E-state index is 0.253. The molecule has 2 aromatic rings. The Morgan fingerprint density at radius 1 is 1.28 bits per heavy atom. The first-order valence-electron chi connectivity index (χ1n) is 9.99. The van der Waals surface area contributed by atoms with Crippen molar-refractivity contribution in [3.05, 3.63) is 41.6 Å². The molecule has 2 amide bonds. The zero-order valence-corrected chi connectivity index (χ0v) is 16.9. The summed E-state index contributed by atoms with van der Waals surface area (Å²) in [7, 11) is 0. The highest BCUT2D eigenvalue weighted by Gasteiger charge is 2.19. The summed E-state index contributed by atoms with van der Waals surface area (Å²) >= 11 is 0. The fourth-order valence-electron chi connectivity index (χ4n) is 3.28. The van der Waals surface area contributed by atoms with Gasteiger partial charge in [-0.05, 0) is 43.0 Å². The van der Waals surface area contributed by atoms with Crippen LogP contribution < -0.4 is 16.4 Å². The Labute approximate surface area is 170 Å². The van der Waals surface area contributed by atoms with Crippen molar-refractivity contribution in [1.29, 1.82) is 0 Å². The number of nitrogens with one attached hydrogen (secondary N) is 2. The molecular formula is C21H28N6O2. The molecule has 1 aliphatic heterocycles. The number of amides is 2. The number of carbonyl (C=O) groups excluding carboxylic acids is 2. The lowest BCUT2D eigenvalue weighted by atomic mass is 10.1. The summed E-state index contributed by atoms with van der Waals surface area (Å²) in [5.74, 6) is 1.33. The molecule has 4 N–H and O–H groups in total. The molecule has 2 heterocycles. The third-order valence-electron chi connectivity index (χ3n) is 4.93. The molecule has 1 fully saturated rings. The van der Waals surface area contributed by atoms with E-state index in [0.29, 0.717) is 17.9 Å². The van der Waals surface area contributed by atoms with Gasteiger partial charge in [-0.1, -0.05) is 13.8 Å². The van der Waals surface area contributed by atoms with Gasteiger partial charge in [0.1, 0.15) is 5.82 Å². The van der Waals surface area contributed by atoms with E-state index in [1.807, 2.05) is 11.1 Å². The first kappa shape index (κ1) is 20.6. The van der Waals surface area contributed by atoms with Crippen LogP contribution in [0.3, 0.4) is 0 Å². The lowest BCUT2D eigenvalue weighted by Gasteiger charge is -2.17. The molecule has 1 aliphatic rings. The first-order valence-corrected chi connectivity index (χ1v) is 9.99. The van der Waals surface area contributed by atoms with Crippen molar-refractivity contribution in [2.24, 2.45) is 5.73 Å². The van der Waals surface area contributed by atoms with Gasteiger partial charge in [0, 0.05) is 49.1 Å². The number of carbonyl (C=O) groups is 2. The number of aromatic nitrogens is 2. The van der Waals surface area contributed by atoms with Crippen LogP contribution in [0.1, 0.15) is 54.9 Å². The molecule has 0 aliphatic carbocycles. The number of nitrogens with zero attached hydrogens (tertiary/aromatic N) is 3. The van der Waals surface area contributed by atoms with Crippen LogP contribution in [-0.2, 0) is 4.79 Å². The van der Waals surface area contributed by atoms with E-state index in [9.17, 15) is 9.59 Å². The van der Waals surface area contributed by atoms with Crippen molar-refractivity contribution in [3.63, 3.8) is 0 Å². The smallest absolute Gasteiger partial charge is 0.248 e. The van der Waals surface area contributed by atoms with E-state index in [4.69, 9.17) is 5.73 Å². The quantitative estimate of drug-likeness (QED) is 0.562. The molecule has 0 saturated carbocycles. The molecule has 1 aromatic carbocycles. The Morgan fingerprint density at radius 3 is 2.66 bits per heavy atom. The second kappa shape index (κ2) is 9.36. The van der Waals surface area contributed by atoms with E-state index in [0.717, 1.165) is 49.5 Å². The lowest BCUT2D eigenvalue weighted by Crippen LogP contribution is -2.27. The molecule has 1 saturated heterocycles. The topological polar surface area (TPSA) is 113 Å². The van der Waals surface area contributed by atoms with Crippen LogP contribution in [0, 0.1) is 0 Å². The van der Waals surface area contributed by atoms with E-state index in [-0.39, 0.29) is 11.8 Å². The molecule has 29 heavy (non-hydrogen) atoms. The molecule has 0 atom stereocenters. The summed E-state index contributed by atoms with van der Waals surface area (Å²) < 4.78 is 0. The minimum Gasteiger partial charge on any atom is -0.370 e. The zero-order chi connectivity index (χ0) is 20.8. The molecule has 1 aromatic heterocycles. The van der Waals surface area contributed by atoms with E-state index >= 15 is 0 Å². The van der Waals surface area contributed by atoms with Crippen LogP contribution in [0.4, 0.5) is 17.5 Å². The fraction of sp³-hybridized carbons (Fsp3) is 0.429. The Morgan fingerprint density at radius 2 is 2.03 bits per heavy atom. The highest BCUT2D eigenvalue weighted by molar-refractivity contribution is 5.93. The van der Waals surface area contributed by atoms with Crippen LogP contribution >= 0.6 is 0 Å². The van der Waals surface area contributed by atoms with Crippen LogP contribution in [0.2, 0.25) is 0 Å². The molecule has 8 heteroatoms. The van der Waals surface area contributed by atoms with E-state index in [1.165, 1.54) is 0 Å². The summed E-state index contributed by atoms with van der Waals surface area (Å²) in [6, 6.07) is 6.85. The van der Waals surface area contributed by atoms with Crippen molar-refractivity contribution >= 4 is 29.3 Å². The van der Waals surface area contributed by atoms with Crippen molar-refractivity contribution in [2.45, 2.75) is 39.0 Å². The number of anilines is 3. The zero-order valence-electron chi connectivity index (χ0n) is 16.9. The van der Waals surface area contributed by atoms with Crippen molar-refractivity contribution in [3.8, 4) is 0 Å². The van der Waals surface area contributed by atoms with Crippen LogP contribution in [0.5, 0.6) is 0 Å². The second-order valence-electron chi connectivity index (χ2n) is 7.48. The molecule has 0 spiro atoms. The van der Waals surface area contributed by atoms with Crippen molar-refractivity contribution in [2.75, 3.05) is 30.3 Å². The fourth-order valence-corrected chi connectivity index (χ4v) is 3.28. The number of primary amides is 1. The standard InChI is InChI=1S/C21H28N6O2/c1-14(2)17-13-24-21(25-16-8-6-15(7-9-16)19(22)29)26-20(17)23-10-4-12-27-11-3-5-18(27)28/h6-9,13-14H,3-5,10-12H2,1-2H3,(H2,22,29)(H2,23,24,25,26). The Bertz CT molecular complexity index is 866. The van der Waals surface area contributed by atoms with E-state index < -0.39 is 5.91 Å². The number of benzene rings is 1. The maximum absolute atomic E-state index is 11.7. The van der Waals surface area contributed by atoms with Gasteiger partial charge in [-0.2, -0.15) is 4.98 Å². The summed E-state index contributed by atoms with van der Waals surface area (Å²) in [4.78, 5) is 33.9. The maximum Gasteiger partial charge on any atom is 0.248 e. The normalized spacial score (nSPS) is 13.8. The van der Waals surface area contributed by atoms with Crippen molar-refractivity contribution in [1.82, 2.24) is 14.9 Å². The number of likely N-dealkylation sites (tertiary alicyclic amines) is 1. The third-order valence-corrected chi connectivity index (χ3v) is 4.93. The summed E-state index contributed by atoms with van der Waals surface area (Å²) in [6.07, 6.45) is 4.33. The van der Waals surface area contributed by atoms with Crippen molar-refractivity contribution < 1.29 is 9.59 Å².